The zero-order chi connectivity index (χ0) is 21.0. The summed E-state index contributed by atoms with van der Waals surface area (Å²) in [5.74, 6) is -1.96. The molecule has 0 atom stereocenters. The Morgan fingerprint density at radius 3 is 2.66 bits per heavy atom. The van der Waals surface area contributed by atoms with Crippen molar-refractivity contribution in [2.45, 2.75) is 13.3 Å². The molecule has 3 aromatic rings. The highest BCUT2D eigenvalue weighted by Gasteiger charge is 2.17. The van der Waals surface area contributed by atoms with Crippen molar-refractivity contribution in [1.82, 2.24) is 4.98 Å². The van der Waals surface area contributed by atoms with Gasteiger partial charge in [-0.05, 0) is 30.7 Å². The van der Waals surface area contributed by atoms with Gasteiger partial charge in [-0.15, -0.1) is 11.3 Å². The highest BCUT2D eigenvalue weighted by atomic mass is 32.2. The molecular formula is C19H17F2N3O3S2. The van der Waals surface area contributed by atoms with E-state index in [1.807, 2.05) is 0 Å². The lowest BCUT2D eigenvalue weighted by Crippen LogP contribution is -2.19. The zero-order valence-corrected chi connectivity index (χ0v) is 16.9. The lowest BCUT2D eigenvalue weighted by Gasteiger charge is -2.10. The maximum Gasteiger partial charge on any atom is 0.259 e. The number of para-hydroxylation sites is 1. The fraction of sp³-hybridized carbons (Fsp3) is 0.158. The molecule has 0 radical (unpaired) electrons. The predicted molar refractivity (Wildman–Crippen MR) is 109 cm³/mol. The minimum atomic E-state index is -3.54. The molecule has 0 bridgehead atoms. The summed E-state index contributed by atoms with van der Waals surface area (Å²) < 4.78 is 52.8. The molecule has 2 N–H and O–H groups in total. The number of carbonyl (C=O) groups is 1. The van der Waals surface area contributed by atoms with Crippen LogP contribution in [0.4, 0.5) is 19.6 Å². The average molecular weight is 437 g/mol. The lowest BCUT2D eigenvalue weighted by molar-refractivity contribution is 0.102. The molecule has 1 aromatic heterocycles. The number of benzene rings is 2. The molecule has 1 amide bonds. The second-order valence-electron chi connectivity index (χ2n) is 6.05. The summed E-state index contributed by atoms with van der Waals surface area (Å²) in [4.78, 5) is 17.4. The molecule has 0 aliphatic heterocycles. The molecule has 0 aliphatic rings. The summed E-state index contributed by atoms with van der Waals surface area (Å²) in [6.07, 6.45) is 1.70. The Morgan fingerprint density at radius 2 is 1.93 bits per heavy atom. The Labute approximate surface area is 170 Å². The zero-order valence-electron chi connectivity index (χ0n) is 15.3. The minimum absolute atomic E-state index is 0.126. The Balaban J connectivity index is 1.74. The summed E-state index contributed by atoms with van der Waals surface area (Å²) in [7, 11) is -3.54. The molecule has 0 aliphatic carbocycles. The first-order valence-corrected chi connectivity index (χ1v) is 11.0. The third-order valence-electron chi connectivity index (χ3n) is 3.97. The quantitative estimate of drug-likeness (QED) is 0.584. The first-order valence-electron chi connectivity index (χ1n) is 8.57. The van der Waals surface area contributed by atoms with Crippen LogP contribution in [-0.2, 0) is 16.4 Å². The summed E-state index contributed by atoms with van der Waals surface area (Å²) in [6, 6.07) is 9.56. The molecule has 6 nitrogen and oxygen atoms in total. The van der Waals surface area contributed by atoms with Gasteiger partial charge in [0.25, 0.3) is 5.91 Å². The van der Waals surface area contributed by atoms with E-state index in [4.69, 9.17) is 0 Å². The standard InChI is InChI=1S/C19H17F2N3O3S2/c1-2-29(26,27)24-17-6-4-3-5-15(17)18(25)23-19-22-11-14(28-19)9-12-7-8-13(20)10-16(12)21/h3-8,10-11,24H,2,9H2,1H3,(H,22,23,25). The second kappa shape index (κ2) is 8.66. The van der Waals surface area contributed by atoms with Gasteiger partial charge < -0.3 is 0 Å². The average Bonchev–Trinajstić information content (AvgIpc) is 3.11. The molecule has 0 saturated carbocycles. The fourth-order valence-corrected chi connectivity index (χ4v) is 3.96. The Morgan fingerprint density at radius 1 is 1.17 bits per heavy atom. The van der Waals surface area contributed by atoms with Crippen molar-refractivity contribution in [3.63, 3.8) is 0 Å². The van der Waals surface area contributed by atoms with Crippen molar-refractivity contribution in [1.29, 1.82) is 0 Å². The third kappa shape index (κ3) is 5.36. The first-order chi connectivity index (χ1) is 13.8. The highest BCUT2D eigenvalue weighted by Crippen LogP contribution is 2.24. The molecule has 0 fully saturated rings. The molecule has 152 valence electrons. The normalized spacial score (nSPS) is 11.3. The van der Waals surface area contributed by atoms with E-state index in [1.54, 1.807) is 12.1 Å². The topological polar surface area (TPSA) is 88.2 Å². The molecule has 29 heavy (non-hydrogen) atoms. The van der Waals surface area contributed by atoms with Gasteiger partial charge in [0.2, 0.25) is 10.0 Å². The molecule has 0 saturated heterocycles. The third-order valence-corrected chi connectivity index (χ3v) is 6.17. The van der Waals surface area contributed by atoms with Gasteiger partial charge in [0, 0.05) is 23.6 Å². The van der Waals surface area contributed by atoms with Crippen LogP contribution >= 0.6 is 11.3 Å². The van der Waals surface area contributed by atoms with Gasteiger partial charge in [0.15, 0.2) is 5.13 Å². The van der Waals surface area contributed by atoms with Crippen LogP contribution in [0, 0.1) is 11.6 Å². The second-order valence-corrected chi connectivity index (χ2v) is 9.18. The van der Waals surface area contributed by atoms with Crippen LogP contribution in [0.2, 0.25) is 0 Å². The number of hydrogen-bond donors (Lipinski definition) is 2. The number of thiazole rings is 1. The van der Waals surface area contributed by atoms with Gasteiger partial charge in [-0.2, -0.15) is 0 Å². The van der Waals surface area contributed by atoms with Gasteiger partial charge >= 0.3 is 0 Å². The van der Waals surface area contributed by atoms with Crippen molar-refractivity contribution in [3.05, 3.63) is 76.3 Å². The summed E-state index contributed by atoms with van der Waals surface area (Å²) in [5.41, 5.74) is 0.620. The number of amides is 1. The van der Waals surface area contributed by atoms with E-state index in [9.17, 15) is 22.0 Å². The molecule has 0 unspecified atom stereocenters. The summed E-state index contributed by atoms with van der Waals surface area (Å²) in [5, 5.41) is 2.89. The fourth-order valence-electron chi connectivity index (χ4n) is 2.47. The van der Waals surface area contributed by atoms with Gasteiger partial charge in [0.1, 0.15) is 11.6 Å². The number of carbonyl (C=O) groups excluding carboxylic acids is 1. The number of nitrogens with zero attached hydrogens (tertiary/aromatic N) is 1. The van der Waals surface area contributed by atoms with Crippen LogP contribution in [0.25, 0.3) is 0 Å². The van der Waals surface area contributed by atoms with E-state index in [0.717, 1.165) is 17.4 Å². The lowest BCUT2D eigenvalue weighted by atomic mass is 10.1. The number of hydrogen-bond acceptors (Lipinski definition) is 5. The van der Waals surface area contributed by atoms with Crippen LogP contribution in [0.1, 0.15) is 27.7 Å². The van der Waals surface area contributed by atoms with E-state index in [0.29, 0.717) is 10.4 Å². The Hall–Kier alpha value is -2.85. The van der Waals surface area contributed by atoms with Crippen LogP contribution in [0.3, 0.4) is 0 Å². The minimum Gasteiger partial charge on any atom is -0.298 e. The Kier molecular flexibility index (Phi) is 6.23. The SMILES string of the molecule is CCS(=O)(=O)Nc1ccccc1C(=O)Nc1ncc(Cc2ccc(F)cc2F)s1. The van der Waals surface area contributed by atoms with Gasteiger partial charge in [-0.25, -0.2) is 22.2 Å². The predicted octanol–water partition coefficient (Wildman–Crippen LogP) is 4.03. The number of nitrogens with one attached hydrogen (secondary N) is 2. The van der Waals surface area contributed by atoms with Crippen molar-refractivity contribution in [3.8, 4) is 0 Å². The number of halogens is 2. The van der Waals surface area contributed by atoms with Gasteiger partial charge in [0.05, 0.1) is 17.0 Å². The van der Waals surface area contributed by atoms with Crippen molar-refractivity contribution in [2.24, 2.45) is 0 Å². The number of aromatic nitrogens is 1. The van der Waals surface area contributed by atoms with Crippen LogP contribution in [0.15, 0.2) is 48.7 Å². The van der Waals surface area contributed by atoms with Crippen molar-refractivity contribution >= 4 is 38.1 Å². The van der Waals surface area contributed by atoms with Crippen LogP contribution in [0.5, 0.6) is 0 Å². The van der Waals surface area contributed by atoms with Gasteiger partial charge in [-0.3, -0.25) is 14.8 Å². The maximum absolute atomic E-state index is 13.8. The molecule has 1 heterocycles. The molecule has 3 rings (SSSR count). The highest BCUT2D eigenvalue weighted by molar-refractivity contribution is 7.92. The number of anilines is 2. The number of rotatable bonds is 7. The van der Waals surface area contributed by atoms with Crippen molar-refractivity contribution in [2.75, 3.05) is 15.8 Å². The number of sulfonamides is 1. The van der Waals surface area contributed by atoms with E-state index in [2.05, 4.69) is 15.0 Å². The van der Waals surface area contributed by atoms with Crippen LogP contribution in [-0.4, -0.2) is 25.1 Å². The van der Waals surface area contributed by atoms with E-state index < -0.39 is 27.6 Å². The molecular weight excluding hydrogens is 420 g/mol. The van der Waals surface area contributed by atoms with Crippen molar-refractivity contribution < 1.29 is 22.0 Å². The van der Waals surface area contributed by atoms with E-state index in [1.165, 1.54) is 37.4 Å². The largest absolute Gasteiger partial charge is 0.298 e. The summed E-state index contributed by atoms with van der Waals surface area (Å²) >= 11 is 1.14. The van der Waals surface area contributed by atoms with E-state index >= 15 is 0 Å². The smallest absolute Gasteiger partial charge is 0.259 e. The Bertz CT molecular complexity index is 1150. The van der Waals surface area contributed by atoms with Crippen LogP contribution < -0.4 is 10.0 Å². The summed E-state index contributed by atoms with van der Waals surface area (Å²) in [6.45, 7) is 1.49. The molecule has 2 aromatic carbocycles. The molecule has 10 heteroatoms. The maximum atomic E-state index is 13.8. The monoisotopic (exact) mass is 437 g/mol. The molecule has 0 spiro atoms. The van der Waals surface area contributed by atoms with E-state index in [-0.39, 0.29) is 28.6 Å². The van der Waals surface area contributed by atoms with Gasteiger partial charge in [-0.1, -0.05) is 18.2 Å². The first kappa shape index (κ1) is 20.9.